The first kappa shape index (κ1) is 12.9. The summed E-state index contributed by atoms with van der Waals surface area (Å²) >= 11 is 0. The predicted molar refractivity (Wildman–Crippen MR) is 71.9 cm³/mol. The van der Waals surface area contributed by atoms with E-state index in [0.717, 1.165) is 18.5 Å². The van der Waals surface area contributed by atoms with Crippen LogP contribution in [0, 0.1) is 0 Å². The fourth-order valence-corrected chi connectivity index (χ4v) is 2.10. The summed E-state index contributed by atoms with van der Waals surface area (Å²) < 4.78 is 0. The highest BCUT2D eigenvalue weighted by Crippen LogP contribution is 2.24. The monoisotopic (exact) mass is 248 g/mol. The third kappa shape index (κ3) is 3.01. The highest BCUT2D eigenvalue weighted by molar-refractivity contribution is 5.79. The highest BCUT2D eigenvalue weighted by atomic mass is 16.4. The number of carboxylic acids is 1. The van der Waals surface area contributed by atoms with Crippen molar-refractivity contribution in [1.82, 2.24) is 5.32 Å². The molecule has 1 aliphatic rings. The molecule has 1 aliphatic carbocycles. The molecule has 0 radical (unpaired) electrons. The van der Waals surface area contributed by atoms with Gasteiger partial charge in [0, 0.05) is 25.3 Å². The van der Waals surface area contributed by atoms with E-state index in [1.54, 1.807) is 6.92 Å². The number of rotatable bonds is 6. The van der Waals surface area contributed by atoms with Gasteiger partial charge in [-0.1, -0.05) is 18.2 Å². The average molecular weight is 248 g/mol. The van der Waals surface area contributed by atoms with Crippen LogP contribution in [0.5, 0.6) is 0 Å². The minimum Gasteiger partial charge on any atom is -0.480 e. The number of para-hydroxylation sites is 1. The molecule has 1 saturated carbocycles. The summed E-state index contributed by atoms with van der Waals surface area (Å²) in [6.45, 7) is 2.20. The first-order chi connectivity index (χ1) is 8.51. The van der Waals surface area contributed by atoms with Crippen LogP contribution in [0.25, 0.3) is 0 Å². The van der Waals surface area contributed by atoms with Gasteiger partial charge in [0.2, 0.25) is 0 Å². The second kappa shape index (κ2) is 4.98. The van der Waals surface area contributed by atoms with Crippen LogP contribution in [-0.2, 0) is 4.79 Å². The van der Waals surface area contributed by atoms with Gasteiger partial charge in [0.25, 0.3) is 0 Å². The van der Waals surface area contributed by atoms with Gasteiger partial charge in [-0.25, -0.2) is 0 Å². The van der Waals surface area contributed by atoms with Crippen LogP contribution < -0.4 is 10.2 Å². The fourth-order valence-electron chi connectivity index (χ4n) is 2.10. The smallest absolute Gasteiger partial charge is 0.325 e. The van der Waals surface area contributed by atoms with Crippen molar-refractivity contribution in [2.24, 2.45) is 0 Å². The molecule has 1 aromatic rings. The number of aliphatic carboxylic acids is 1. The number of carboxylic acid groups (broad SMARTS) is 1. The zero-order valence-corrected chi connectivity index (χ0v) is 10.9. The first-order valence-electron chi connectivity index (χ1n) is 6.28. The van der Waals surface area contributed by atoms with Crippen LogP contribution in [-0.4, -0.2) is 36.2 Å². The van der Waals surface area contributed by atoms with E-state index >= 15 is 0 Å². The van der Waals surface area contributed by atoms with Crippen LogP contribution in [0.2, 0.25) is 0 Å². The lowest BCUT2D eigenvalue weighted by Gasteiger charge is -2.32. The Bertz CT molecular complexity index is 417. The molecule has 0 heterocycles. The lowest BCUT2D eigenvalue weighted by atomic mass is 10.0. The van der Waals surface area contributed by atoms with E-state index < -0.39 is 11.5 Å². The minimum absolute atomic E-state index is 0.371. The standard InChI is InChI=1S/C14H20N2O2/c1-14(13(17)18,15-11-8-9-11)10-16(2)12-6-4-3-5-7-12/h3-7,11,15H,8-10H2,1-2H3,(H,17,18). The molecule has 1 aromatic carbocycles. The van der Waals surface area contributed by atoms with Crippen molar-refractivity contribution in [2.45, 2.75) is 31.3 Å². The van der Waals surface area contributed by atoms with Crippen molar-refractivity contribution in [1.29, 1.82) is 0 Å². The van der Waals surface area contributed by atoms with Crippen LogP contribution in [0.4, 0.5) is 5.69 Å². The zero-order valence-electron chi connectivity index (χ0n) is 10.9. The summed E-state index contributed by atoms with van der Waals surface area (Å²) in [7, 11) is 1.92. The van der Waals surface area contributed by atoms with Crippen LogP contribution in [0.1, 0.15) is 19.8 Å². The molecule has 0 aliphatic heterocycles. The van der Waals surface area contributed by atoms with Crippen molar-refractivity contribution in [3.8, 4) is 0 Å². The number of carbonyl (C=O) groups is 1. The second-order valence-electron chi connectivity index (χ2n) is 5.25. The lowest BCUT2D eigenvalue weighted by molar-refractivity contribution is -0.143. The molecule has 0 amide bonds. The maximum atomic E-state index is 11.5. The summed E-state index contributed by atoms with van der Waals surface area (Å²) in [5, 5.41) is 12.6. The molecular weight excluding hydrogens is 228 g/mol. The van der Waals surface area contributed by atoms with Gasteiger partial charge in [0.05, 0.1) is 0 Å². The SMILES string of the molecule is CN(CC(C)(NC1CC1)C(=O)O)c1ccccc1. The van der Waals surface area contributed by atoms with Gasteiger partial charge < -0.3 is 10.0 Å². The molecule has 98 valence electrons. The fraction of sp³-hybridized carbons (Fsp3) is 0.500. The van der Waals surface area contributed by atoms with Gasteiger partial charge in [0.1, 0.15) is 5.54 Å². The van der Waals surface area contributed by atoms with E-state index in [9.17, 15) is 9.90 Å². The van der Waals surface area contributed by atoms with Crippen LogP contribution in [0.15, 0.2) is 30.3 Å². The number of nitrogens with one attached hydrogen (secondary N) is 1. The van der Waals surface area contributed by atoms with Gasteiger partial charge in [-0.15, -0.1) is 0 Å². The third-order valence-corrected chi connectivity index (χ3v) is 3.32. The Kier molecular flexibility index (Phi) is 3.57. The molecule has 0 spiro atoms. The zero-order chi connectivity index (χ0) is 13.2. The van der Waals surface area contributed by atoms with Crippen molar-refractivity contribution < 1.29 is 9.90 Å². The van der Waals surface area contributed by atoms with Gasteiger partial charge in [-0.3, -0.25) is 10.1 Å². The summed E-state index contributed by atoms with van der Waals surface area (Å²) in [6, 6.07) is 10.2. The molecule has 1 atom stereocenters. The molecule has 1 unspecified atom stereocenters. The average Bonchev–Trinajstić information content (AvgIpc) is 3.13. The Hall–Kier alpha value is -1.55. The predicted octanol–water partition coefficient (Wildman–Crippen LogP) is 1.72. The summed E-state index contributed by atoms with van der Waals surface area (Å²) in [5.74, 6) is -0.794. The van der Waals surface area contributed by atoms with E-state index in [2.05, 4.69) is 5.32 Å². The van der Waals surface area contributed by atoms with Crippen LogP contribution >= 0.6 is 0 Å². The molecule has 1 fully saturated rings. The maximum Gasteiger partial charge on any atom is 0.325 e. The molecule has 0 bridgehead atoms. The number of likely N-dealkylation sites (N-methyl/N-ethyl adjacent to an activating group) is 1. The summed E-state index contributed by atoms with van der Waals surface area (Å²) in [5.41, 5.74) is 0.133. The summed E-state index contributed by atoms with van der Waals surface area (Å²) in [4.78, 5) is 13.4. The maximum absolute atomic E-state index is 11.5. The Morgan fingerprint density at radius 2 is 2.06 bits per heavy atom. The Morgan fingerprint density at radius 1 is 1.44 bits per heavy atom. The Morgan fingerprint density at radius 3 is 2.56 bits per heavy atom. The quantitative estimate of drug-likeness (QED) is 0.805. The number of hydrogen-bond acceptors (Lipinski definition) is 3. The molecule has 0 saturated heterocycles. The molecule has 0 aromatic heterocycles. The first-order valence-corrected chi connectivity index (χ1v) is 6.28. The summed E-state index contributed by atoms with van der Waals surface area (Å²) in [6.07, 6.45) is 2.16. The molecule has 2 rings (SSSR count). The van der Waals surface area contributed by atoms with Gasteiger partial charge in [-0.2, -0.15) is 0 Å². The molecule has 18 heavy (non-hydrogen) atoms. The molecular formula is C14H20N2O2. The second-order valence-corrected chi connectivity index (χ2v) is 5.25. The Labute approximate surface area is 108 Å². The van der Waals surface area contributed by atoms with E-state index in [0.29, 0.717) is 12.6 Å². The number of nitrogens with zero attached hydrogens (tertiary/aromatic N) is 1. The third-order valence-electron chi connectivity index (χ3n) is 3.32. The van der Waals surface area contributed by atoms with E-state index in [4.69, 9.17) is 0 Å². The van der Waals surface area contributed by atoms with Gasteiger partial charge in [0.15, 0.2) is 0 Å². The van der Waals surface area contributed by atoms with E-state index in [1.165, 1.54) is 0 Å². The Balaban J connectivity index is 2.06. The number of hydrogen-bond donors (Lipinski definition) is 2. The van der Waals surface area contributed by atoms with Gasteiger partial charge >= 0.3 is 5.97 Å². The lowest BCUT2D eigenvalue weighted by Crippen LogP contribution is -2.57. The van der Waals surface area contributed by atoms with Gasteiger partial charge in [-0.05, 0) is 31.9 Å². The van der Waals surface area contributed by atoms with Crippen molar-refractivity contribution in [3.63, 3.8) is 0 Å². The molecule has 4 nitrogen and oxygen atoms in total. The van der Waals surface area contributed by atoms with Crippen molar-refractivity contribution in [2.75, 3.05) is 18.5 Å². The topological polar surface area (TPSA) is 52.6 Å². The molecule has 2 N–H and O–H groups in total. The highest BCUT2D eigenvalue weighted by Gasteiger charge is 2.39. The number of benzene rings is 1. The largest absolute Gasteiger partial charge is 0.480 e. The van der Waals surface area contributed by atoms with Crippen LogP contribution in [0.3, 0.4) is 0 Å². The van der Waals surface area contributed by atoms with E-state index in [-0.39, 0.29) is 0 Å². The normalized spacial score (nSPS) is 18.1. The van der Waals surface area contributed by atoms with Crippen molar-refractivity contribution >= 4 is 11.7 Å². The minimum atomic E-state index is -0.897. The van der Waals surface area contributed by atoms with Crippen molar-refractivity contribution in [3.05, 3.63) is 30.3 Å². The van der Waals surface area contributed by atoms with E-state index in [1.807, 2.05) is 42.3 Å². The molecule has 4 heteroatoms. The number of anilines is 1.